The summed E-state index contributed by atoms with van der Waals surface area (Å²) in [6, 6.07) is 6.66. The average molecular weight is 430 g/mol. The highest BCUT2D eigenvalue weighted by atomic mass is 35.5. The highest BCUT2D eigenvalue weighted by Gasteiger charge is 2.55. The summed E-state index contributed by atoms with van der Waals surface area (Å²) in [5.41, 5.74) is 0.388. The van der Waals surface area contributed by atoms with Crippen molar-refractivity contribution in [1.82, 2.24) is 4.90 Å². The first-order valence-electron chi connectivity index (χ1n) is 9.60. The Hall–Kier alpha value is -2.77. The van der Waals surface area contributed by atoms with E-state index in [-0.39, 0.29) is 37.2 Å². The lowest BCUT2D eigenvalue weighted by Crippen LogP contribution is -2.50. The third-order valence-electron chi connectivity index (χ3n) is 5.85. The van der Waals surface area contributed by atoms with Crippen LogP contribution < -0.4 is 0 Å². The monoisotopic (exact) mass is 429 g/mol. The van der Waals surface area contributed by atoms with Crippen LogP contribution in [0.3, 0.4) is 0 Å². The van der Waals surface area contributed by atoms with E-state index in [9.17, 15) is 19.2 Å². The van der Waals surface area contributed by atoms with E-state index in [0.717, 1.165) is 0 Å². The predicted octanol–water partition coefficient (Wildman–Crippen LogP) is 2.64. The van der Waals surface area contributed by atoms with Gasteiger partial charge < -0.3 is 9.47 Å². The number of hydrogen-bond acceptors (Lipinski definition) is 6. The van der Waals surface area contributed by atoms with Crippen LogP contribution >= 0.6 is 11.6 Å². The van der Waals surface area contributed by atoms with Crippen molar-refractivity contribution in [2.75, 3.05) is 13.2 Å². The molecule has 156 valence electrons. The predicted molar refractivity (Wildman–Crippen MR) is 107 cm³/mol. The number of ketones is 1. The number of rotatable bonds is 4. The van der Waals surface area contributed by atoms with Gasteiger partial charge in [0.05, 0.1) is 29.3 Å². The molecule has 0 spiro atoms. The van der Waals surface area contributed by atoms with Gasteiger partial charge >= 0.3 is 5.97 Å². The number of amides is 2. The molecule has 0 radical (unpaired) electrons. The van der Waals surface area contributed by atoms with Gasteiger partial charge in [-0.25, -0.2) is 0 Å². The van der Waals surface area contributed by atoms with Crippen molar-refractivity contribution < 1.29 is 28.7 Å². The molecule has 1 aliphatic carbocycles. The lowest BCUT2D eigenvalue weighted by molar-refractivity contribution is -0.158. The number of imide groups is 1. The molecular formula is C22H20ClNO6. The number of esters is 1. The number of benzene rings is 1. The van der Waals surface area contributed by atoms with Gasteiger partial charge in [0.2, 0.25) is 0 Å². The van der Waals surface area contributed by atoms with E-state index in [4.69, 9.17) is 21.1 Å². The number of nitrogens with zero attached hydrogens (tertiary/aromatic N) is 1. The van der Waals surface area contributed by atoms with Crippen LogP contribution in [0.5, 0.6) is 0 Å². The summed E-state index contributed by atoms with van der Waals surface area (Å²) in [6.07, 6.45) is 2.13. The third-order valence-corrected chi connectivity index (χ3v) is 6.09. The summed E-state index contributed by atoms with van der Waals surface area (Å²) in [5, 5.41) is 0.461. The first kappa shape index (κ1) is 20.5. The summed E-state index contributed by atoms with van der Waals surface area (Å²) >= 11 is 6.26. The Kier molecular flexibility index (Phi) is 5.11. The normalized spacial score (nSPS) is 29.2. The van der Waals surface area contributed by atoms with Crippen molar-refractivity contribution in [2.45, 2.75) is 32.0 Å². The van der Waals surface area contributed by atoms with Crippen molar-refractivity contribution in [2.24, 2.45) is 5.92 Å². The zero-order chi connectivity index (χ0) is 21.6. The molecule has 3 atom stereocenters. The minimum absolute atomic E-state index is 0.0861. The molecule has 0 aromatic heterocycles. The molecule has 3 aliphatic rings. The van der Waals surface area contributed by atoms with Crippen LogP contribution in [0, 0.1) is 5.92 Å². The fraction of sp³-hybridized carbons (Fsp3) is 0.364. The zero-order valence-corrected chi connectivity index (χ0v) is 17.3. The van der Waals surface area contributed by atoms with Gasteiger partial charge in [0.1, 0.15) is 0 Å². The maximum Gasteiger partial charge on any atom is 0.303 e. The first-order valence-corrected chi connectivity index (χ1v) is 9.97. The van der Waals surface area contributed by atoms with Gasteiger partial charge in [0, 0.05) is 18.5 Å². The lowest BCUT2D eigenvalue weighted by atomic mass is 9.73. The molecule has 0 unspecified atom stereocenters. The Morgan fingerprint density at radius 3 is 2.40 bits per heavy atom. The quantitative estimate of drug-likeness (QED) is 0.540. The zero-order valence-electron chi connectivity index (χ0n) is 16.5. The molecule has 30 heavy (non-hydrogen) atoms. The highest BCUT2D eigenvalue weighted by Crippen LogP contribution is 2.47. The number of ether oxygens (including phenoxy) is 2. The Bertz CT molecular complexity index is 989. The second kappa shape index (κ2) is 7.49. The molecule has 2 amide bonds. The Morgan fingerprint density at radius 1 is 1.20 bits per heavy atom. The number of carbonyl (C=O) groups is 4. The molecule has 7 nitrogen and oxygen atoms in total. The maximum absolute atomic E-state index is 12.7. The van der Waals surface area contributed by atoms with Crippen molar-refractivity contribution in [3.63, 3.8) is 0 Å². The number of fused-ring (bicyclic) bond motifs is 2. The lowest BCUT2D eigenvalue weighted by Gasteiger charge is -2.38. The van der Waals surface area contributed by atoms with Gasteiger partial charge in [0.25, 0.3) is 11.8 Å². The average Bonchev–Trinajstić information content (AvgIpc) is 3.20. The van der Waals surface area contributed by atoms with Gasteiger partial charge in [-0.1, -0.05) is 23.7 Å². The van der Waals surface area contributed by atoms with Gasteiger partial charge in [0.15, 0.2) is 11.9 Å². The van der Waals surface area contributed by atoms with Crippen LogP contribution in [0.1, 0.15) is 41.0 Å². The molecule has 0 N–H and O–H groups in total. The van der Waals surface area contributed by atoms with E-state index >= 15 is 0 Å². The van der Waals surface area contributed by atoms with Gasteiger partial charge in [-0.05, 0) is 43.2 Å². The Balaban J connectivity index is 1.64. The molecular weight excluding hydrogens is 410 g/mol. The standard InChI is InChI=1S/C22H20ClNO6/c1-12(23)16-11-29-22(8-7-17(26)19(18(16)22)30-13(2)25)9-10-24-20(27)14-5-3-4-6-15(14)21(24)28/h3-8,18-19H,9-11H2,1-2H3/b16-12-/t18-,19+,22-/m0/s1. The minimum Gasteiger partial charge on any atom is -0.453 e. The molecule has 2 heterocycles. The molecule has 8 heteroatoms. The molecule has 1 aromatic rings. The minimum atomic E-state index is -1.07. The summed E-state index contributed by atoms with van der Waals surface area (Å²) in [5.74, 6) is -2.29. The van der Waals surface area contributed by atoms with Crippen molar-refractivity contribution in [1.29, 1.82) is 0 Å². The number of carbonyl (C=O) groups excluding carboxylic acids is 4. The molecule has 1 fully saturated rings. The SMILES string of the molecule is CC(=O)O[C@@H]1C(=O)C=C[C@@]2(CCN3C(=O)c4ccccc4C3=O)OC/C(=C(\C)Cl)[C@@H]12. The van der Waals surface area contributed by atoms with Gasteiger partial charge in [-0.2, -0.15) is 0 Å². The number of halogens is 1. The van der Waals surface area contributed by atoms with E-state index in [1.165, 1.54) is 17.9 Å². The summed E-state index contributed by atoms with van der Waals surface area (Å²) in [7, 11) is 0. The van der Waals surface area contributed by atoms with Crippen LogP contribution in [-0.4, -0.2) is 53.3 Å². The van der Waals surface area contributed by atoms with E-state index < -0.39 is 23.6 Å². The van der Waals surface area contributed by atoms with Crippen LogP contribution in [0.15, 0.2) is 47.0 Å². The highest BCUT2D eigenvalue weighted by molar-refractivity contribution is 6.29. The molecule has 1 saturated heterocycles. The maximum atomic E-state index is 12.7. The second-order valence-electron chi connectivity index (χ2n) is 7.60. The summed E-state index contributed by atoms with van der Waals surface area (Å²) in [6.45, 7) is 3.17. The van der Waals surface area contributed by atoms with E-state index in [2.05, 4.69) is 0 Å². The summed E-state index contributed by atoms with van der Waals surface area (Å²) in [4.78, 5) is 50.7. The van der Waals surface area contributed by atoms with Crippen molar-refractivity contribution in [3.05, 3.63) is 58.1 Å². The van der Waals surface area contributed by atoms with Gasteiger partial charge in [-0.15, -0.1) is 0 Å². The molecule has 0 bridgehead atoms. The molecule has 4 rings (SSSR count). The van der Waals surface area contributed by atoms with Crippen molar-refractivity contribution in [3.8, 4) is 0 Å². The molecule has 1 aromatic carbocycles. The second-order valence-corrected chi connectivity index (χ2v) is 8.17. The summed E-state index contributed by atoms with van der Waals surface area (Å²) < 4.78 is 11.4. The van der Waals surface area contributed by atoms with E-state index in [1.54, 1.807) is 37.3 Å². The fourth-order valence-electron chi connectivity index (χ4n) is 4.42. The van der Waals surface area contributed by atoms with Crippen molar-refractivity contribution >= 4 is 35.2 Å². The van der Waals surface area contributed by atoms with Crippen LogP contribution in [0.2, 0.25) is 0 Å². The number of hydrogen-bond donors (Lipinski definition) is 0. The van der Waals surface area contributed by atoms with Crippen LogP contribution in [-0.2, 0) is 19.1 Å². The van der Waals surface area contributed by atoms with Crippen LogP contribution in [0.25, 0.3) is 0 Å². The fourth-order valence-corrected chi connectivity index (χ4v) is 4.59. The van der Waals surface area contributed by atoms with E-state index in [0.29, 0.717) is 21.7 Å². The molecule has 0 saturated carbocycles. The number of allylic oxidation sites excluding steroid dienone is 1. The first-order chi connectivity index (χ1) is 14.2. The third kappa shape index (κ3) is 3.18. The van der Waals surface area contributed by atoms with E-state index in [1.807, 2.05) is 0 Å². The topological polar surface area (TPSA) is 90.0 Å². The molecule has 2 aliphatic heterocycles. The smallest absolute Gasteiger partial charge is 0.303 e. The van der Waals surface area contributed by atoms with Crippen LogP contribution in [0.4, 0.5) is 0 Å². The Labute approximate surface area is 178 Å². The van der Waals surface area contributed by atoms with Gasteiger partial charge in [-0.3, -0.25) is 24.1 Å². The largest absolute Gasteiger partial charge is 0.453 e. The Morgan fingerprint density at radius 2 is 1.83 bits per heavy atom.